The fourth-order valence-electron chi connectivity index (χ4n) is 6.88. The molecule has 6 nitrogen and oxygen atoms in total. The number of benzene rings is 1. The number of rotatable bonds is 7. The van der Waals surface area contributed by atoms with Gasteiger partial charge in [0.05, 0.1) is 6.61 Å². The van der Waals surface area contributed by atoms with E-state index in [1.165, 1.54) is 38.5 Å². The van der Waals surface area contributed by atoms with Gasteiger partial charge >= 0.3 is 6.03 Å². The molecule has 2 N–H and O–H groups in total. The third-order valence-electron chi connectivity index (χ3n) is 7.99. The van der Waals surface area contributed by atoms with Crippen molar-refractivity contribution in [2.75, 3.05) is 51.7 Å². The summed E-state index contributed by atoms with van der Waals surface area (Å²) in [5.41, 5.74) is 0.842. The van der Waals surface area contributed by atoms with Crippen LogP contribution in [0.25, 0.3) is 0 Å². The summed E-state index contributed by atoms with van der Waals surface area (Å²) < 4.78 is 5.97. The van der Waals surface area contributed by atoms with Gasteiger partial charge in [0.2, 0.25) is 0 Å². The maximum Gasteiger partial charge on any atom is 0.319 e. The number of amides is 2. The standard InChI is InChI=1S/C25H38N4O2/c1-28-7-9-29(10-8-28)6-3-11-31-23-5-2-4-22(15-23)26-24(30)27-25-16-19-12-20(17-25)14-21(13-19)18-25/h2,4-5,15,19-21H,3,6-14,16-18H2,1H3,(H2,26,27,30). The van der Waals surface area contributed by atoms with E-state index in [2.05, 4.69) is 27.5 Å². The van der Waals surface area contributed by atoms with E-state index in [0.717, 1.165) is 68.3 Å². The third kappa shape index (κ3) is 5.17. The van der Waals surface area contributed by atoms with Crippen molar-refractivity contribution in [3.8, 4) is 5.75 Å². The van der Waals surface area contributed by atoms with E-state index in [1.54, 1.807) is 0 Å². The normalized spacial score (nSPS) is 32.7. The summed E-state index contributed by atoms with van der Waals surface area (Å²) >= 11 is 0. The first-order valence-corrected chi connectivity index (χ1v) is 12.3. The zero-order chi connectivity index (χ0) is 21.3. The molecule has 4 aliphatic carbocycles. The van der Waals surface area contributed by atoms with Gasteiger partial charge in [-0.05, 0) is 81.9 Å². The Labute approximate surface area is 186 Å². The van der Waals surface area contributed by atoms with Crippen molar-refractivity contribution in [3.63, 3.8) is 0 Å². The van der Waals surface area contributed by atoms with Gasteiger partial charge in [-0.25, -0.2) is 4.79 Å². The summed E-state index contributed by atoms with van der Waals surface area (Å²) in [6, 6.07) is 7.74. The number of nitrogens with zero attached hydrogens (tertiary/aromatic N) is 2. The quantitative estimate of drug-likeness (QED) is 0.652. The number of carbonyl (C=O) groups is 1. The van der Waals surface area contributed by atoms with Crippen LogP contribution in [0, 0.1) is 17.8 Å². The van der Waals surface area contributed by atoms with Crippen molar-refractivity contribution in [2.45, 2.75) is 50.5 Å². The molecule has 0 atom stereocenters. The fraction of sp³-hybridized carbons (Fsp3) is 0.720. The average Bonchev–Trinajstić information content (AvgIpc) is 2.71. The number of piperazine rings is 1. The summed E-state index contributed by atoms with van der Waals surface area (Å²) in [6.45, 7) is 6.39. The highest BCUT2D eigenvalue weighted by molar-refractivity contribution is 5.90. The van der Waals surface area contributed by atoms with Gasteiger partial charge in [0.15, 0.2) is 0 Å². The second-order valence-corrected chi connectivity index (χ2v) is 10.7. The molecule has 31 heavy (non-hydrogen) atoms. The second kappa shape index (κ2) is 8.99. The predicted octanol–water partition coefficient (Wildman–Crippen LogP) is 3.79. The second-order valence-electron chi connectivity index (χ2n) is 10.7. The number of hydrogen-bond donors (Lipinski definition) is 2. The monoisotopic (exact) mass is 426 g/mol. The van der Waals surface area contributed by atoms with Crippen LogP contribution in [0.2, 0.25) is 0 Å². The van der Waals surface area contributed by atoms with Crippen molar-refractivity contribution in [1.29, 1.82) is 0 Å². The highest BCUT2D eigenvalue weighted by Gasteiger charge is 2.51. The van der Waals surface area contributed by atoms with Crippen LogP contribution in [-0.4, -0.2) is 67.7 Å². The first kappa shape index (κ1) is 21.1. The number of nitrogens with one attached hydrogen (secondary N) is 2. The molecule has 1 heterocycles. The van der Waals surface area contributed by atoms with Crippen LogP contribution in [-0.2, 0) is 0 Å². The number of hydrogen-bond acceptors (Lipinski definition) is 4. The number of likely N-dealkylation sites (N-methyl/N-ethyl adjacent to an activating group) is 1. The molecule has 1 aromatic rings. The molecule has 4 bridgehead atoms. The van der Waals surface area contributed by atoms with Gasteiger partial charge in [0, 0.05) is 50.0 Å². The highest BCUT2D eigenvalue weighted by atomic mass is 16.5. The molecule has 4 saturated carbocycles. The summed E-state index contributed by atoms with van der Waals surface area (Å²) in [5.74, 6) is 3.31. The lowest BCUT2D eigenvalue weighted by molar-refractivity contribution is -0.0127. The molecule has 2 amide bonds. The Morgan fingerprint density at radius 2 is 1.74 bits per heavy atom. The van der Waals surface area contributed by atoms with Crippen molar-refractivity contribution >= 4 is 11.7 Å². The first-order chi connectivity index (χ1) is 15.1. The molecule has 0 spiro atoms. The molecule has 5 fully saturated rings. The zero-order valence-corrected chi connectivity index (χ0v) is 18.9. The lowest BCUT2D eigenvalue weighted by atomic mass is 9.53. The number of urea groups is 1. The lowest BCUT2D eigenvalue weighted by Gasteiger charge is -2.56. The average molecular weight is 427 g/mol. The van der Waals surface area contributed by atoms with Crippen LogP contribution >= 0.6 is 0 Å². The van der Waals surface area contributed by atoms with E-state index in [9.17, 15) is 4.79 Å². The Kier molecular flexibility index (Phi) is 6.11. The molecule has 0 aromatic heterocycles. The molecule has 0 unspecified atom stereocenters. The lowest BCUT2D eigenvalue weighted by Crippen LogP contribution is -2.60. The van der Waals surface area contributed by atoms with Gasteiger partial charge in [-0.15, -0.1) is 0 Å². The Hall–Kier alpha value is -1.79. The van der Waals surface area contributed by atoms with Gasteiger partial charge < -0.3 is 25.2 Å². The largest absolute Gasteiger partial charge is 0.493 e. The van der Waals surface area contributed by atoms with Crippen LogP contribution in [0.15, 0.2) is 24.3 Å². The van der Waals surface area contributed by atoms with Crippen LogP contribution in [0.1, 0.15) is 44.9 Å². The number of anilines is 1. The highest BCUT2D eigenvalue weighted by Crippen LogP contribution is 2.55. The van der Waals surface area contributed by atoms with Crippen LogP contribution in [0.3, 0.4) is 0 Å². The van der Waals surface area contributed by atoms with Crippen molar-refractivity contribution in [3.05, 3.63) is 24.3 Å². The molecular formula is C25H38N4O2. The molecule has 5 aliphatic rings. The topological polar surface area (TPSA) is 56.8 Å². The SMILES string of the molecule is CN1CCN(CCCOc2cccc(NC(=O)NC34CC5CC(CC(C5)C3)C4)c2)CC1. The predicted molar refractivity (Wildman–Crippen MR) is 124 cm³/mol. The third-order valence-corrected chi connectivity index (χ3v) is 7.99. The molecule has 6 heteroatoms. The van der Waals surface area contributed by atoms with Gasteiger partial charge in [-0.1, -0.05) is 6.07 Å². The minimum atomic E-state index is -0.0610. The Balaban J connectivity index is 1.07. The smallest absolute Gasteiger partial charge is 0.319 e. The maximum atomic E-state index is 12.8. The van der Waals surface area contributed by atoms with E-state index >= 15 is 0 Å². The summed E-state index contributed by atoms with van der Waals surface area (Å²) in [4.78, 5) is 17.7. The van der Waals surface area contributed by atoms with Gasteiger partial charge in [-0.2, -0.15) is 0 Å². The number of ether oxygens (including phenoxy) is 1. The van der Waals surface area contributed by atoms with Crippen LogP contribution in [0.4, 0.5) is 10.5 Å². The van der Waals surface area contributed by atoms with Gasteiger partial charge in [0.1, 0.15) is 5.75 Å². The van der Waals surface area contributed by atoms with E-state index < -0.39 is 0 Å². The Morgan fingerprint density at radius 3 is 2.42 bits per heavy atom. The van der Waals surface area contributed by atoms with Gasteiger partial charge in [-0.3, -0.25) is 0 Å². The molecule has 1 saturated heterocycles. The molecule has 1 aromatic carbocycles. The molecule has 6 rings (SSSR count). The Bertz CT molecular complexity index is 739. The fourth-order valence-corrected chi connectivity index (χ4v) is 6.88. The number of carbonyl (C=O) groups excluding carboxylic acids is 1. The van der Waals surface area contributed by atoms with Crippen LogP contribution in [0.5, 0.6) is 5.75 Å². The van der Waals surface area contributed by atoms with Crippen molar-refractivity contribution in [2.24, 2.45) is 17.8 Å². The molecule has 1 aliphatic heterocycles. The van der Waals surface area contributed by atoms with E-state index in [4.69, 9.17) is 4.74 Å². The van der Waals surface area contributed by atoms with E-state index in [1.807, 2.05) is 24.3 Å². The van der Waals surface area contributed by atoms with Crippen molar-refractivity contribution < 1.29 is 9.53 Å². The summed E-state index contributed by atoms with van der Waals surface area (Å²) in [7, 11) is 2.19. The van der Waals surface area contributed by atoms with E-state index in [0.29, 0.717) is 6.61 Å². The Morgan fingerprint density at radius 1 is 1.06 bits per heavy atom. The first-order valence-electron chi connectivity index (χ1n) is 12.3. The minimum absolute atomic E-state index is 0.0379. The van der Waals surface area contributed by atoms with Crippen molar-refractivity contribution in [1.82, 2.24) is 15.1 Å². The maximum absolute atomic E-state index is 12.8. The minimum Gasteiger partial charge on any atom is -0.493 e. The molecular weight excluding hydrogens is 388 g/mol. The summed E-state index contributed by atoms with van der Waals surface area (Å²) in [6.07, 6.45) is 8.69. The molecule has 170 valence electrons. The summed E-state index contributed by atoms with van der Waals surface area (Å²) in [5, 5.41) is 6.45. The van der Waals surface area contributed by atoms with E-state index in [-0.39, 0.29) is 11.6 Å². The van der Waals surface area contributed by atoms with Crippen LogP contribution < -0.4 is 15.4 Å². The molecule has 0 radical (unpaired) electrons. The van der Waals surface area contributed by atoms with Gasteiger partial charge in [0.25, 0.3) is 0 Å². The zero-order valence-electron chi connectivity index (χ0n) is 18.9.